The van der Waals surface area contributed by atoms with Crippen LogP contribution in [0.25, 0.3) is 0 Å². The molecular formula is C13H26NO2. The minimum atomic E-state index is -0.525. The van der Waals surface area contributed by atoms with Crippen molar-refractivity contribution in [3.63, 3.8) is 0 Å². The van der Waals surface area contributed by atoms with E-state index in [2.05, 4.69) is 18.7 Å². The molecule has 16 heavy (non-hydrogen) atoms. The zero-order valence-corrected chi connectivity index (χ0v) is 11.2. The van der Waals surface area contributed by atoms with E-state index in [1.807, 2.05) is 13.8 Å². The van der Waals surface area contributed by atoms with Gasteiger partial charge in [0.1, 0.15) is 0 Å². The molecule has 0 aliphatic carbocycles. The molecule has 0 saturated carbocycles. The topological polar surface area (TPSA) is 21.7 Å². The van der Waals surface area contributed by atoms with Crippen molar-refractivity contribution in [2.45, 2.75) is 52.7 Å². The summed E-state index contributed by atoms with van der Waals surface area (Å²) in [7, 11) is 0. The van der Waals surface area contributed by atoms with Gasteiger partial charge >= 0.3 is 0 Å². The highest BCUT2D eigenvalue weighted by Gasteiger charge is 2.40. The van der Waals surface area contributed by atoms with Crippen LogP contribution in [0.1, 0.15) is 47.0 Å². The van der Waals surface area contributed by atoms with E-state index in [0.717, 1.165) is 19.5 Å². The molecule has 95 valence electrons. The van der Waals surface area contributed by atoms with Crippen LogP contribution in [0.2, 0.25) is 0 Å². The summed E-state index contributed by atoms with van der Waals surface area (Å²) in [4.78, 5) is 2.44. The summed E-state index contributed by atoms with van der Waals surface area (Å²) in [5.74, 6) is -0.525. The second-order valence-corrected chi connectivity index (χ2v) is 4.31. The minimum absolute atomic E-state index is 0.525. The molecule has 0 aromatic rings. The molecule has 0 amide bonds. The van der Waals surface area contributed by atoms with Gasteiger partial charge in [0, 0.05) is 13.2 Å². The summed E-state index contributed by atoms with van der Waals surface area (Å²) in [6.45, 7) is 12.0. The van der Waals surface area contributed by atoms with Gasteiger partial charge in [0.15, 0.2) is 5.79 Å². The maximum absolute atomic E-state index is 5.83. The molecule has 1 aliphatic rings. The average molecular weight is 228 g/mol. The van der Waals surface area contributed by atoms with Crippen LogP contribution < -0.4 is 0 Å². The molecule has 3 heteroatoms. The fourth-order valence-corrected chi connectivity index (χ4v) is 2.58. The van der Waals surface area contributed by atoms with Gasteiger partial charge in [-0.1, -0.05) is 6.92 Å². The van der Waals surface area contributed by atoms with E-state index < -0.39 is 5.79 Å². The van der Waals surface area contributed by atoms with E-state index >= 15 is 0 Å². The van der Waals surface area contributed by atoms with Gasteiger partial charge in [0.2, 0.25) is 0 Å². The highest BCUT2D eigenvalue weighted by atomic mass is 16.7. The van der Waals surface area contributed by atoms with E-state index in [0.29, 0.717) is 13.2 Å². The fraction of sp³-hybridized carbons (Fsp3) is 0.923. The van der Waals surface area contributed by atoms with Crippen molar-refractivity contribution in [3.8, 4) is 0 Å². The molecule has 1 saturated heterocycles. The summed E-state index contributed by atoms with van der Waals surface area (Å²) < 4.78 is 11.7. The third kappa shape index (κ3) is 3.19. The Kier molecular flexibility index (Phi) is 5.73. The van der Waals surface area contributed by atoms with Crippen molar-refractivity contribution in [2.24, 2.45) is 0 Å². The van der Waals surface area contributed by atoms with Gasteiger partial charge in [-0.2, -0.15) is 0 Å². The summed E-state index contributed by atoms with van der Waals surface area (Å²) in [6.07, 6.45) is 3.58. The smallest absolute Gasteiger partial charge is 0.185 e. The van der Waals surface area contributed by atoms with Crippen LogP contribution >= 0.6 is 0 Å². The van der Waals surface area contributed by atoms with Crippen molar-refractivity contribution >= 4 is 0 Å². The molecule has 0 unspecified atom stereocenters. The monoisotopic (exact) mass is 228 g/mol. The van der Waals surface area contributed by atoms with Crippen molar-refractivity contribution < 1.29 is 9.47 Å². The van der Waals surface area contributed by atoms with Crippen LogP contribution in [0, 0.1) is 6.04 Å². The predicted octanol–water partition coefficient (Wildman–Crippen LogP) is 2.81. The van der Waals surface area contributed by atoms with Crippen LogP contribution in [0.3, 0.4) is 0 Å². The van der Waals surface area contributed by atoms with E-state index in [-0.39, 0.29) is 0 Å². The van der Waals surface area contributed by atoms with Gasteiger partial charge in [-0.05, 0) is 53.1 Å². The van der Waals surface area contributed by atoms with E-state index in [4.69, 9.17) is 9.47 Å². The third-order valence-electron chi connectivity index (χ3n) is 3.19. The lowest BCUT2D eigenvalue weighted by molar-refractivity contribution is -0.225. The lowest BCUT2D eigenvalue weighted by atomic mass is 10.0. The Labute approximate surface area is 100 Å². The van der Waals surface area contributed by atoms with Gasteiger partial charge in [0.25, 0.3) is 0 Å². The molecule has 0 bridgehead atoms. The minimum Gasteiger partial charge on any atom is -0.349 e. The lowest BCUT2D eigenvalue weighted by Crippen LogP contribution is -2.47. The summed E-state index contributed by atoms with van der Waals surface area (Å²) >= 11 is 0. The Morgan fingerprint density at radius 2 is 1.56 bits per heavy atom. The van der Waals surface area contributed by atoms with Crippen molar-refractivity contribution in [3.05, 3.63) is 6.04 Å². The Balaban J connectivity index is 2.70. The second kappa shape index (κ2) is 6.58. The lowest BCUT2D eigenvalue weighted by Gasteiger charge is -2.40. The van der Waals surface area contributed by atoms with Gasteiger partial charge in [0.05, 0.1) is 6.04 Å². The first-order valence-electron chi connectivity index (χ1n) is 6.57. The third-order valence-corrected chi connectivity index (χ3v) is 3.19. The van der Waals surface area contributed by atoms with Gasteiger partial charge in [-0.15, -0.1) is 0 Å². The van der Waals surface area contributed by atoms with E-state index in [1.54, 1.807) is 0 Å². The second-order valence-electron chi connectivity index (χ2n) is 4.31. The highest BCUT2D eigenvalue weighted by Crippen LogP contribution is 2.33. The average Bonchev–Trinajstić information content (AvgIpc) is 2.72. The molecule has 0 spiro atoms. The van der Waals surface area contributed by atoms with Gasteiger partial charge in [-0.3, -0.25) is 4.90 Å². The van der Waals surface area contributed by atoms with Crippen LogP contribution in [0.5, 0.6) is 0 Å². The molecule has 1 rings (SSSR count). The predicted molar refractivity (Wildman–Crippen MR) is 66.0 cm³/mol. The van der Waals surface area contributed by atoms with Crippen LogP contribution in [-0.4, -0.2) is 37.0 Å². The molecule has 0 atom stereocenters. The summed E-state index contributed by atoms with van der Waals surface area (Å²) in [5, 5.41) is 0. The first-order valence-corrected chi connectivity index (χ1v) is 6.57. The number of hydrogen-bond donors (Lipinski definition) is 0. The first-order chi connectivity index (χ1) is 7.68. The molecule has 0 aromatic heterocycles. The van der Waals surface area contributed by atoms with Crippen LogP contribution in [0.15, 0.2) is 0 Å². The summed E-state index contributed by atoms with van der Waals surface area (Å²) in [6, 6.07) is 1.30. The fourth-order valence-electron chi connectivity index (χ4n) is 2.58. The van der Waals surface area contributed by atoms with E-state index in [9.17, 15) is 0 Å². The molecule has 0 aromatic carbocycles. The molecule has 1 fully saturated rings. The van der Waals surface area contributed by atoms with Crippen molar-refractivity contribution in [1.29, 1.82) is 0 Å². The Hall–Kier alpha value is -0.120. The Morgan fingerprint density at radius 1 is 1.06 bits per heavy atom. The molecular weight excluding hydrogens is 202 g/mol. The van der Waals surface area contributed by atoms with Crippen LogP contribution in [0.4, 0.5) is 0 Å². The maximum Gasteiger partial charge on any atom is 0.185 e. The zero-order chi connectivity index (χ0) is 12.0. The van der Waals surface area contributed by atoms with Gasteiger partial charge < -0.3 is 9.47 Å². The number of hydrogen-bond acceptors (Lipinski definition) is 3. The number of rotatable bonds is 7. The number of likely N-dealkylation sites (tertiary alicyclic amines) is 1. The quantitative estimate of drug-likeness (QED) is 0.625. The van der Waals surface area contributed by atoms with Crippen molar-refractivity contribution in [2.75, 3.05) is 26.3 Å². The standard InChI is InChI=1S/C13H26NO2/c1-5-12(14-10-8-9-11-14)13(4,15-6-2)16-7-3/h5-11H2,1-4H3. The Bertz CT molecular complexity index is 184. The molecule has 1 radical (unpaired) electrons. The van der Waals surface area contributed by atoms with E-state index in [1.165, 1.54) is 18.9 Å². The maximum atomic E-state index is 5.83. The summed E-state index contributed by atoms with van der Waals surface area (Å²) in [5.41, 5.74) is 0. The Morgan fingerprint density at radius 3 is 1.94 bits per heavy atom. The van der Waals surface area contributed by atoms with Crippen LogP contribution in [-0.2, 0) is 9.47 Å². The van der Waals surface area contributed by atoms with Crippen molar-refractivity contribution in [1.82, 2.24) is 4.90 Å². The number of nitrogens with zero attached hydrogens (tertiary/aromatic N) is 1. The zero-order valence-electron chi connectivity index (χ0n) is 11.2. The molecule has 1 aliphatic heterocycles. The molecule has 0 N–H and O–H groups in total. The SMILES string of the molecule is CCOC(C)(OCC)[C](CC)N1CCCC1. The largest absolute Gasteiger partial charge is 0.349 e. The van der Waals surface area contributed by atoms with Gasteiger partial charge in [-0.25, -0.2) is 0 Å². The first kappa shape index (κ1) is 13.9. The highest BCUT2D eigenvalue weighted by molar-refractivity contribution is 5.02. The number of ether oxygens (including phenoxy) is 2. The normalized spacial score (nSPS) is 18.6. The molecule has 1 heterocycles. The molecule has 3 nitrogen and oxygen atoms in total.